The van der Waals surface area contributed by atoms with Crippen molar-refractivity contribution in [1.82, 2.24) is 15.3 Å². The van der Waals surface area contributed by atoms with E-state index in [9.17, 15) is 44.7 Å². The fourth-order valence-electron chi connectivity index (χ4n) is 5.12. The summed E-state index contributed by atoms with van der Waals surface area (Å²) in [7, 11) is 0. The molecule has 1 saturated heterocycles. The first-order chi connectivity index (χ1) is 22.2. The number of rotatable bonds is 13. The largest absolute Gasteiger partial charge is 0.464 e. The third-order valence-electron chi connectivity index (χ3n) is 7.61. The monoisotopic (exact) mass is 673 g/mol. The number of nitrogens with one attached hydrogen (secondary N) is 1. The second-order valence-electron chi connectivity index (χ2n) is 11.2. The molecule has 0 radical (unpaired) electrons. The quantitative estimate of drug-likeness (QED) is 0.169. The lowest BCUT2D eigenvalue weighted by Crippen LogP contribution is -2.49. The Balaban J connectivity index is 1.35. The first kappa shape index (κ1) is 35.9. The summed E-state index contributed by atoms with van der Waals surface area (Å²) in [4.78, 5) is 32.2. The standard InChI is InChI=1S/C32H31F8N3O4/c33-22-4-1-19(2-5-22)27(20-3-8-29(43-14-20)32(38,39)40)12-24(44)11-21-13-41-16-28(34)26(21)7-6-25-15-42-23(17-46-25)18-47-30(45)9-10-31(35,36)37/h1-5,8,13-14,16,23,25,27,42H,6-7,9-12,15,17-18H2/t23-,25+,27-/m0/s1. The van der Waals surface area contributed by atoms with Crippen LogP contribution in [0, 0.1) is 11.6 Å². The van der Waals surface area contributed by atoms with Gasteiger partial charge in [0.25, 0.3) is 0 Å². The number of morpholine rings is 1. The molecule has 4 rings (SSSR count). The van der Waals surface area contributed by atoms with Crippen LogP contribution in [0.15, 0.2) is 55.0 Å². The van der Waals surface area contributed by atoms with E-state index in [-0.39, 0.29) is 49.9 Å². The molecule has 1 aliphatic heterocycles. The van der Waals surface area contributed by atoms with E-state index in [1.54, 1.807) is 0 Å². The van der Waals surface area contributed by atoms with Crippen LogP contribution in [0.1, 0.15) is 59.5 Å². The van der Waals surface area contributed by atoms with E-state index in [1.807, 2.05) is 0 Å². The molecule has 7 nitrogen and oxygen atoms in total. The lowest BCUT2D eigenvalue weighted by molar-refractivity contribution is -0.158. The zero-order valence-electron chi connectivity index (χ0n) is 24.8. The number of ketones is 1. The predicted molar refractivity (Wildman–Crippen MR) is 151 cm³/mol. The molecule has 0 bridgehead atoms. The Morgan fingerprint density at radius 2 is 1.70 bits per heavy atom. The zero-order chi connectivity index (χ0) is 34.2. The summed E-state index contributed by atoms with van der Waals surface area (Å²) in [5.41, 5.74) is 0.261. The summed E-state index contributed by atoms with van der Waals surface area (Å²) in [5, 5.41) is 3.09. The van der Waals surface area contributed by atoms with Crippen LogP contribution < -0.4 is 5.32 Å². The van der Waals surface area contributed by atoms with Crippen LogP contribution in [0.25, 0.3) is 0 Å². The molecule has 0 spiro atoms. The van der Waals surface area contributed by atoms with E-state index in [0.29, 0.717) is 29.7 Å². The highest BCUT2D eigenvalue weighted by molar-refractivity contribution is 5.82. The first-order valence-electron chi connectivity index (χ1n) is 14.7. The van der Waals surface area contributed by atoms with Crippen LogP contribution in [0.2, 0.25) is 0 Å². The lowest BCUT2D eigenvalue weighted by Gasteiger charge is -2.30. The first-order valence-corrected chi connectivity index (χ1v) is 14.7. The molecule has 2 aromatic heterocycles. The molecule has 1 fully saturated rings. The number of nitrogens with zero attached hydrogens (tertiary/aromatic N) is 2. The van der Waals surface area contributed by atoms with Gasteiger partial charge < -0.3 is 14.8 Å². The Morgan fingerprint density at radius 1 is 0.979 bits per heavy atom. The number of pyridine rings is 2. The maximum atomic E-state index is 14.9. The van der Waals surface area contributed by atoms with E-state index in [2.05, 4.69) is 15.3 Å². The number of aromatic nitrogens is 2. The van der Waals surface area contributed by atoms with Gasteiger partial charge in [0.1, 0.15) is 29.7 Å². The van der Waals surface area contributed by atoms with Crippen LogP contribution in [-0.4, -0.2) is 59.8 Å². The SMILES string of the molecule is O=C(Cc1cncc(F)c1CC[C@@H]1CN[C@H](COC(=O)CCC(F)(F)F)CO1)C[C@@H](c1ccc(F)cc1)c1ccc(C(F)(F)F)nc1. The molecule has 1 aromatic carbocycles. The molecule has 15 heteroatoms. The highest BCUT2D eigenvalue weighted by Crippen LogP contribution is 2.32. The van der Waals surface area contributed by atoms with Crippen LogP contribution in [0.5, 0.6) is 0 Å². The van der Waals surface area contributed by atoms with Gasteiger partial charge in [0.2, 0.25) is 0 Å². The number of halogens is 8. The molecule has 1 N–H and O–H groups in total. The van der Waals surface area contributed by atoms with E-state index < -0.39 is 60.5 Å². The van der Waals surface area contributed by atoms with Gasteiger partial charge in [-0.15, -0.1) is 0 Å². The van der Waals surface area contributed by atoms with Crippen LogP contribution in [0.3, 0.4) is 0 Å². The number of benzene rings is 1. The van der Waals surface area contributed by atoms with Crippen LogP contribution in [0.4, 0.5) is 35.1 Å². The summed E-state index contributed by atoms with van der Waals surface area (Å²) in [6.45, 7) is 0.229. The number of esters is 1. The molecular weight excluding hydrogens is 642 g/mol. The number of hydrogen-bond donors (Lipinski definition) is 1. The van der Waals surface area contributed by atoms with Crippen LogP contribution in [-0.2, 0) is 38.1 Å². The average Bonchev–Trinajstić information content (AvgIpc) is 3.02. The number of carbonyl (C=O) groups is 2. The van der Waals surface area contributed by atoms with Gasteiger partial charge in [-0.25, -0.2) is 8.78 Å². The van der Waals surface area contributed by atoms with Gasteiger partial charge >= 0.3 is 18.3 Å². The van der Waals surface area contributed by atoms with Crippen molar-refractivity contribution >= 4 is 11.8 Å². The van der Waals surface area contributed by atoms with Gasteiger partial charge in [0, 0.05) is 37.7 Å². The van der Waals surface area contributed by atoms with Crippen molar-refractivity contribution in [1.29, 1.82) is 0 Å². The van der Waals surface area contributed by atoms with E-state index in [4.69, 9.17) is 9.47 Å². The van der Waals surface area contributed by atoms with Crippen LogP contribution >= 0.6 is 0 Å². The van der Waals surface area contributed by atoms with Gasteiger partial charge in [-0.1, -0.05) is 18.2 Å². The van der Waals surface area contributed by atoms with Crippen molar-refractivity contribution in [3.8, 4) is 0 Å². The molecule has 3 atom stereocenters. The Morgan fingerprint density at radius 3 is 2.32 bits per heavy atom. The Bertz CT molecular complexity index is 1490. The van der Waals surface area contributed by atoms with Crippen molar-refractivity contribution in [2.24, 2.45) is 0 Å². The number of carbonyl (C=O) groups excluding carboxylic acids is 2. The summed E-state index contributed by atoms with van der Waals surface area (Å²) in [5.74, 6) is -3.25. The third-order valence-corrected chi connectivity index (χ3v) is 7.61. The van der Waals surface area contributed by atoms with Crippen molar-refractivity contribution in [2.75, 3.05) is 19.8 Å². The number of alkyl halides is 6. The Labute approximate surface area is 264 Å². The van der Waals surface area contributed by atoms with Crippen molar-refractivity contribution in [3.05, 3.63) is 94.6 Å². The summed E-state index contributed by atoms with van der Waals surface area (Å²) in [6, 6.07) is 6.80. The number of hydrogen-bond acceptors (Lipinski definition) is 7. The maximum absolute atomic E-state index is 14.9. The van der Waals surface area contributed by atoms with E-state index >= 15 is 0 Å². The third kappa shape index (κ3) is 11.1. The molecule has 47 heavy (non-hydrogen) atoms. The van der Waals surface area contributed by atoms with Gasteiger partial charge in [0.05, 0.1) is 37.8 Å². The molecule has 254 valence electrons. The minimum absolute atomic E-state index is 0.102. The minimum atomic E-state index is -4.65. The molecule has 0 aliphatic carbocycles. The minimum Gasteiger partial charge on any atom is -0.464 e. The molecular formula is C32H31F8N3O4. The normalized spacial score (nSPS) is 17.7. The summed E-state index contributed by atoms with van der Waals surface area (Å²) < 4.78 is 115. The van der Waals surface area contributed by atoms with Gasteiger partial charge in [-0.3, -0.25) is 19.6 Å². The Kier molecular flexibility index (Phi) is 12.0. The Hall–Kier alpha value is -3.98. The smallest absolute Gasteiger partial charge is 0.433 e. The molecule has 3 heterocycles. The molecule has 0 amide bonds. The predicted octanol–water partition coefficient (Wildman–Crippen LogP) is 6.28. The highest BCUT2D eigenvalue weighted by atomic mass is 19.4. The van der Waals surface area contributed by atoms with E-state index in [1.165, 1.54) is 36.5 Å². The molecule has 0 saturated carbocycles. The summed E-state index contributed by atoms with van der Waals surface area (Å²) >= 11 is 0. The summed E-state index contributed by atoms with van der Waals surface area (Å²) in [6.07, 6.45) is -8.03. The topological polar surface area (TPSA) is 90.4 Å². The second kappa shape index (κ2) is 15.7. The van der Waals surface area contributed by atoms with Gasteiger partial charge in [-0.2, -0.15) is 26.3 Å². The van der Waals surface area contributed by atoms with E-state index in [0.717, 1.165) is 18.5 Å². The maximum Gasteiger partial charge on any atom is 0.433 e. The average molecular weight is 674 g/mol. The lowest BCUT2D eigenvalue weighted by atomic mass is 9.86. The zero-order valence-corrected chi connectivity index (χ0v) is 24.8. The molecule has 0 unspecified atom stereocenters. The number of ether oxygens (including phenoxy) is 2. The van der Waals surface area contributed by atoms with Gasteiger partial charge in [-0.05, 0) is 53.3 Å². The van der Waals surface area contributed by atoms with Crippen molar-refractivity contribution in [2.45, 2.75) is 68.9 Å². The van der Waals surface area contributed by atoms with Crippen molar-refractivity contribution < 1.29 is 54.2 Å². The second-order valence-corrected chi connectivity index (χ2v) is 11.2. The highest BCUT2D eigenvalue weighted by Gasteiger charge is 2.33. The fraction of sp³-hybridized carbons (Fsp3) is 0.438. The number of Topliss-reactive ketones (excluding diaryl/α,β-unsaturated/α-hetero) is 1. The molecule has 1 aliphatic rings. The molecule has 3 aromatic rings. The van der Waals surface area contributed by atoms with Gasteiger partial charge in [0.15, 0.2) is 0 Å². The fourth-order valence-corrected chi connectivity index (χ4v) is 5.12. The van der Waals surface area contributed by atoms with Crippen molar-refractivity contribution in [3.63, 3.8) is 0 Å².